The second kappa shape index (κ2) is 6.21. The Morgan fingerprint density at radius 2 is 1.83 bits per heavy atom. The van der Waals surface area contributed by atoms with Crippen molar-refractivity contribution in [1.82, 2.24) is 15.1 Å². The minimum atomic E-state index is -0.220. The number of fused-ring (bicyclic) bond motifs is 1. The molecule has 0 saturated carbocycles. The van der Waals surface area contributed by atoms with E-state index in [1.165, 1.54) is 17.3 Å². The average Bonchev–Trinajstić information content (AvgIpc) is 3.02. The van der Waals surface area contributed by atoms with Crippen LogP contribution in [0.3, 0.4) is 0 Å². The van der Waals surface area contributed by atoms with Gasteiger partial charge < -0.3 is 5.32 Å². The fourth-order valence-corrected chi connectivity index (χ4v) is 3.44. The highest BCUT2D eigenvalue weighted by molar-refractivity contribution is 5.65. The molecule has 0 bridgehead atoms. The fourth-order valence-electron chi connectivity index (χ4n) is 3.44. The zero-order chi connectivity index (χ0) is 16.5. The summed E-state index contributed by atoms with van der Waals surface area (Å²) in [5, 5.41) is 8.22. The topological polar surface area (TPSA) is 29.9 Å². The quantitative estimate of drug-likeness (QED) is 0.792. The highest BCUT2D eigenvalue weighted by Crippen LogP contribution is 2.32. The van der Waals surface area contributed by atoms with Gasteiger partial charge in [-0.1, -0.05) is 42.5 Å². The van der Waals surface area contributed by atoms with Gasteiger partial charge in [0.15, 0.2) is 0 Å². The third-order valence-electron chi connectivity index (χ3n) is 4.74. The molecule has 0 amide bonds. The minimum Gasteiger partial charge on any atom is -0.312 e. The molecule has 1 aliphatic rings. The van der Waals surface area contributed by atoms with Crippen molar-refractivity contribution < 1.29 is 4.39 Å². The van der Waals surface area contributed by atoms with E-state index in [-0.39, 0.29) is 11.9 Å². The van der Waals surface area contributed by atoms with E-state index in [1.807, 2.05) is 30.3 Å². The van der Waals surface area contributed by atoms with Gasteiger partial charge in [0, 0.05) is 36.3 Å². The smallest absolute Gasteiger partial charge is 0.132 e. The summed E-state index contributed by atoms with van der Waals surface area (Å²) in [6.07, 6.45) is 0.911. The molecule has 0 radical (unpaired) electrons. The average molecular weight is 321 g/mol. The van der Waals surface area contributed by atoms with Crippen molar-refractivity contribution in [3.63, 3.8) is 0 Å². The largest absolute Gasteiger partial charge is 0.312 e. The van der Waals surface area contributed by atoms with Crippen LogP contribution >= 0.6 is 0 Å². The Labute approximate surface area is 141 Å². The van der Waals surface area contributed by atoms with E-state index in [0.29, 0.717) is 5.56 Å². The molecule has 0 saturated heterocycles. The molecule has 0 fully saturated rings. The zero-order valence-electron chi connectivity index (χ0n) is 13.7. The van der Waals surface area contributed by atoms with Crippen molar-refractivity contribution in [1.29, 1.82) is 0 Å². The second-order valence-corrected chi connectivity index (χ2v) is 6.21. The Morgan fingerprint density at radius 3 is 2.62 bits per heavy atom. The van der Waals surface area contributed by atoms with E-state index in [4.69, 9.17) is 5.10 Å². The Balaban J connectivity index is 1.86. The van der Waals surface area contributed by atoms with Crippen LogP contribution in [0, 0.1) is 5.82 Å². The van der Waals surface area contributed by atoms with Gasteiger partial charge in [0.05, 0.1) is 6.04 Å². The molecule has 1 unspecified atom stereocenters. The number of halogens is 1. The summed E-state index contributed by atoms with van der Waals surface area (Å²) in [5.74, 6) is -0.220. The lowest BCUT2D eigenvalue weighted by atomic mass is 10.0. The van der Waals surface area contributed by atoms with E-state index >= 15 is 0 Å². The van der Waals surface area contributed by atoms with Crippen molar-refractivity contribution in [2.75, 3.05) is 6.54 Å². The summed E-state index contributed by atoms with van der Waals surface area (Å²) in [4.78, 5) is 0. The first-order chi connectivity index (χ1) is 11.8. The summed E-state index contributed by atoms with van der Waals surface area (Å²) >= 11 is 0. The van der Waals surface area contributed by atoms with Crippen LogP contribution in [0.5, 0.6) is 0 Å². The molecule has 24 heavy (non-hydrogen) atoms. The molecule has 122 valence electrons. The summed E-state index contributed by atoms with van der Waals surface area (Å²) in [6, 6.07) is 17.3. The maximum absolute atomic E-state index is 14.3. The maximum Gasteiger partial charge on any atom is 0.132 e. The molecule has 1 atom stereocenters. The molecule has 4 rings (SSSR count). The maximum atomic E-state index is 14.3. The predicted molar refractivity (Wildman–Crippen MR) is 93.3 cm³/mol. The standard InChI is InChI=1S/C20H20FN3/c1-14(15-7-3-2-4-8-15)24-19-11-12-22-13-17(19)20(23-24)16-9-5-6-10-18(16)21/h2-10,14,22H,11-13H2,1H3. The van der Waals surface area contributed by atoms with E-state index < -0.39 is 0 Å². The molecule has 3 aromatic rings. The Hall–Kier alpha value is -2.46. The van der Waals surface area contributed by atoms with Crippen molar-refractivity contribution in [2.24, 2.45) is 0 Å². The van der Waals surface area contributed by atoms with E-state index in [9.17, 15) is 4.39 Å². The van der Waals surface area contributed by atoms with Crippen molar-refractivity contribution in [3.8, 4) is 11.3 Å². The summed E-state index contributed by atoms with van der Waals surface area (Å²) < 4.78 is 16.4. The zero-order valence-corrected chi connectivity index (χ0v) is 13.7. The number of rotatable bonds is 3. The fraction of sp³-hybridized carbons (Fsp3) is 0.250. The summed E-state index contributed by atoms with van der Waals surface area (Å²) in [7, 11) is 0. The number of benzene rings is 2. The van der Waals surface area contributed by atoms with Crippen LogP contribution in [-0.2, 0) is 13.0 Å². The Kier molecular flexibility index (Phi) is 3.90. The molecule has 1 aromatic heterocycles. The number of nitrogens with zero attached hydrogens (tertiary/aromatic N) is 2. The number of aromatic nitrogens is 2. The highest BCUT2D eigenvalue weighted by atomic mass is 19.1. The predicted octanol–water partition coefficient (Wildman–Crippen LogP) is 3.94. The monoisotopic (exact) mass is 321 g/mol. The molecule has 0 aliphatic carbocycles. The van der Waals surface area contributed by atoms with Gasteiger partial charge in [0.1, 0.15) is 11.5 Å². The molecular formula is C20H20FN3. The Bertz CT molecular complexity index is 855. The van der Waals surface area contributed by atoms with Crippen LogP contribution < -0.4 is 5.32 Å². The first-order valence-electron chi connectivity index (χ1n) is 8.36. The van der Waals surface area contributed by atoms with Gasteiger partial charge in [0.2, 0.25) is 0 Å². The molecular weight excluding hydrogens is 301 g/mol. The molecule has 1 aliphatic heterocycles. The van der Waals surface area contributed by atoms with Gasteiger partial charge in [-0.2, -0.15) is 5.10 Å². The van der Waals surface area contributed by atoms with Crippen LogP contribution in [-0.4, -0.2) is 16.3 Å². The third-order valence-corrected chi connectivity index (χ3v) is 4.74. The molecule has 1 N–H and O–H groups in total. The Morgan fingerprint density at radius 1 is 1.08 bits per heavy atom. The van der Waals surface area contributed by atoms with E-state index in [0.717, 1.165) is 30.8 Å². The van der Waals surface area contributed by atoms with Gasteiger partial charge in [-0.25, -0.2) is 4.39 Å². The first-order valence-corrected chi connectivity index (χ1v) is 8.36. The molecule has 0 spiro atoms. The van der Waals surface area contributed by atoms with Crippen LogP contribution in [0.1, 0.15) is 29.8 Å². The molecule has 2 aromatic carbocycles. The van der Waals surface area contributed by atoms with Crippen LogP contribution in [0.25, 0.3) is 11.3 Å². The first kappa shape index (κ1) is 15.1. The second-order valence-electron chi connectivity index (χ2n) is 6.21. The number of hydrogen-bond acceptors (Lipinski definition) is 2. The summed E-state index contributed by atoms with van der Waals surface area (Å²) in [6.45, 7) is 3.81. The lowest BCUT2D eigenvalue weighted by Crippen LogP contribution is -2.25. The highest BCUT2D eigenvalue weighted by Gasteiger charge is 2.25. The van der Waals surface area contributed by atoms with E-state index in [1.54, 1.807) is 6.07 Å². The summed E-state index contributed by atoms with van der Waals surface area (Å²) in [5.41, 5.74) is 4.88. The van der Waals surface area contributed by atoms with Crippen molar-refractivity contribution >= 4 is 0 Å². The van der Waals surface area contributed by atoms with Gasteiger partial charge in [-0.15, -0.1) is 0 Å². The van der Waals surface area contributed by atoms with Crippen LogP contribution in [0.2, 0.25) is 0 Å². The molecule has 4 heteroatoms. The van der Waals surface area contributed by atoms with E-state index in [2.05, 4.69) is 29.1 Å². The lowest BCUT2D eigenvalue weighted by Gasteiger charge is -2.20. The van der Waals surface area contributed by atoms with Crippen molar-refractivity contribution in [3.05, 3.63) is 77.2 Å². The van der Waals surface area contributed by atoms with Gasteiger partial charge in [-0.3, -0.25) is 4.68 Å². The molecule has 2 heterocycles. The van der Waals surface area contributed by atoms with Crippen LogP contribution in [0.4, 0.5) is 4.39 Å². The van der Waals surface area contributed by atoms with Gasteiger partial charge in [0.25, 0.3) is 0 Å². The SMILES string of the molecule is CC(c1ccccc1)n1nc(-c2ccccc2F)c2c1CCNC2. The van der Waals surface area contributed by atoms with Gasteiger partial charge >= 0.3 is 0 Å². The number of nitrogens with one attached hydrogen (secondary N) is 1. The molecule has 3 nitrogen and oxygen atoms in total. The minimum absolute atomic E-state index is 0.124. The lowest BCUT2D eigenvalue weighted by molar-refractivity contribution is 0.517. The van der Waals surface area contributed by atoms with Crippen LogP contribution in [0.15, 0.2) is 54.6 Å². The number of hydrogen-bond donors (Lipinski definition) is 1. The van der Waals surface area contributed by atoms with Gasteiger partial charge in [-0.05, 0) is 24.6 Å². The van der Waals surface area contributed by atoms with Crippen molar-refractivity contribution in [2.45, 2.75) is 25.9 Å². The third kappa shape index (κ3) is 2.53. The normalized spacial score (nSPS) is 15.1.